The van der Waals surface area contributed by atoms with E-state index < -0.39 is 0 Å². The highest BCUT2D eigenvalue weighted by molar-refractivity contribution is 5.32. The van der Waals surface area contributed by atoms with E-state index in [1.54, 1.807) is 7.05 Å². The van der Waals surface area contributed by atoms with Crippen LogP contribution in [0.4, 0.5) is 0 Å². The van der Waals surface area contributed by atoms with Gasteiger partial charge in [0.1, 0.15) is 0 Å². The molecule has 106 valence electrons. The van der Waals surface area contributed by atoms with Gasteiger partial charge in [-0.2, -0.15) is 4.80 Å². The predicted molar refractivity (Wildman–Crippen MR) is 72.5 cm³/mol. The first-order chi connectivity index (χ1) is 9.78. The Bertz CT molecular complexity index is 584. The molecule has 0 fully saturated rings. The van der Waals surface area contributed by atoms with Crippen LogP contribution in [0.25, 0.3) is 0 Å². The van der Waals surface area contributed by atoms with Crippen molar-refractivity contribution in [3.63, 3.8) is 0 Å². The number of hydrazine groups is 1. The van der Waals surface area contributed by atoms with Gasteiger partial charge in [0.2, 0.25) is 0 Å². The van der Waals surface area contributed by atoms with Gasteiger partial charge in [0.25, 0.3) is 0 Å². The minimum absolute atomic E-state index is 0.0827. The van der Waals surface area contributed by atoms with E-state index >= 15 is 0 Å². The smallest absolute Gasteiger partial charge is 0.176 e. The van der Waals surface area contributed by atoms with Crippen LogP contribution >= 0.6 is 0 Å². The highest BCUT2D eigenvalue weighted by Crippen LogP contribution is 2.30. The number of aromatic nitrogens is 4. The maximum Gasteiger partial charge on any atom is 0.176 e. The first-order valence-electron chi connectivity index (χ1n) is 6.66. The Kier molecular flexibility index (Phi) is 3.72. The molecule has 7 heteroatoms. The van der Waals surface area contributed by atoms with Gasteiger partial charge in [0, 0.05) is 6.42 Å². The number of fused-ring (bicyclic) bond motifs is 1. The lowest BCUT2D eigenvalue weighted by Gasteiger charge is -2.31. The quantitative estimate of drug-likeness (QED) is 0.597. The molecule has 0 amide bonds. The molecule has 1 aromatic carbocycles. The van der Waals surface area contributed by atoms with E-state index in [9.17, 15) is 0 Å². The molecule has 2 aromatic rings. The molecule has 3 N–H and O–H groups in total. The van der Waals surface area contributed by atoms with Crippen molar-refractivity contribution < 1.29 is 4.74 Å². The maximum atomic E-state index is 5.91. The van der Waals surface area contributed by atoms with E-state index in [2.05, 4.69) is 39.0 Å². The molecule has 0 radical (unpaired) electrons. The van der Waals surface area contributed by atoms with Crippen LogP contribution < -0.4 is 11.3 Å². The molecule has 0 saturated heterocycles. The van der Waals surface area contributed by atoms with E-state index in [1.165, 1.54) is 15.9 Å². The minimum atomic E-state index is -0.0891. The van der Waals surface area contributed by atoms with Crippen LogP contribution in [0.15, 0.2) is 24.3 Å². The molecule has 1 aromatic heterocycles. The SMILES string of the molecule is Cn1nnc(CC(NN)C2OCCc3ccccc32)n1. The van der Waals surface area contributed by atoms with Crippen molar-refractivity contribution in [2.24, 2.45) is 12.9 Å². The third-order valence-electron chi connectivity index (χ3n) is 3.56. The zero-order valence-corrected chi connectivity index (χ0v) is 11.4. The third-order valence-corrected chi connectivity index (χ3v) is 3.56. The van der Waals surface area contributed by atoms with Gasteiger partial charge in [-0.15, -0.1) is 10.2 Å². The topological polar surface area (TPSA) is 90.9 Å². The average molecular weight is 274 g/mol. The number of tetrazole rings is 1. The number of nitrogens with zero attached hydrogens (tertiary/aromatic N) is 4. The van der Waals surface area contributed by atoms with E-state index in [-0.39, 0.29) is 12.1 Å². The van der Waals surface area contributed by atoms with Crippen LogP contribution in [0.5, 0.6) is 0 Å². The molecule has 0 aliphatic carbocycles. The molecule has 1 aliphatic rings. The molecule has 1 aliphatic heterocycles. The monoisotopic (exact) mass is 274 g/mol. The summed E-state index contributed by atoms with van der Waals surface area (Å²) in [5.41, 5.74) is 5.33. The molecule has 2 heterocycles. The molecular weight excluding hydrogens is 256 g/mol. The van der Waals surface area contributed by atoms with Gasteiger partial charge < -0.3 is 4.74 Å². The van der Waals surface area contributed by atoms with Gasteiger partial charge in [-0.3, -0.25) is 11.3 Å². The standard InChI is InChI=1S/C13H18N6O/c1-19-17-12(16-18-19)8-11(15-14)13-10-5-3-2-4-9(10)6-7-20-13/h2-5,11,13,15H,6-8,14H2,1H3. The molecule has 0 spiro atoms. The van der Waals surface area contributed by atoms with Gasteiger partial charge in [0.15, 0.2) is 5.82 Å². The second-order valence-corrected chi connectivity index (χ2v) is 4.91. The number of hydrogen-bond donors (Lipinski definition) is 2. The molecule has 0 saturated carbocycles. The molecule has 20 heavy (non-hydrogen) atoms. The van der Waals surface area contributed by atoms with Gasteiger partial charge in [0.05, 0.1) is 25.8 Å². The summed E-state index contributed by atoms with van der Waals surface area (Å²) in [6.45, 7) is 0.702. The fraction of sp³-hybridized carbons (Fsp3) is 0.462. The van der Waals surface area contributed by atoms with E-state index in [1.807, 2.05) is 6.07 Å². The second-order valence-electron chi connectivity index (χ2n) is 4.91. The maximum absolute atomic E-state index is 5.91. The molecule has 7 nitrogen and oxygen atoms in total. The predicted octanol–water partition coefficient (Wildman–Crippen LogP) is -0.101. The zero-order chi connectivity index (χ0) is 13.9. The van der Waals surface area contributed by atoms with Crippen molar-refractivity contribution in [1.82, 2.24) is 25.6 Å². The largest absolute Gasteiger partial charge is 0.371 e. The Morgan fingerprint density at radius 3 is 3.10 bits per heavy atom. The molecule has 3 rings (SSSR count). The lowest BCUT2D eigenvalue weighted by molar-refractivity contribution is 0.0149. The number of rotatable bonds is 4. The van der Waals surface area contributed by atoms with Crippen LogP contribution in [0, 0.1) is 0 Å². The molecule has 2 atom stereocenters. The van der Waals surface area contributed by atoms with Crippen LogP contribution in [-0.4, -0.2) is 32.9 Å². The van der Waals surface area contributed by atoms with Gasteiger partial charge in [-0.05, 0) is 22.8 Å². The van der Waals surface area contributed by atoms with E-state index in [0.717, 1.165) is 6.42 Å². The van der Waals surface area contributed by atoms with Crippen molar-refractivity contribution in [1.29, 1.82) is 0 Å². The Balaban J connectivity index is 1.83. The average Bonchev–Trinajstić information content (AvgIpc) is 2.89. The summed E-state index contributed by atoms with van der Waals surface area (Å²) in [6, 6.07) is 8.22. The summed E-state index contributed by atoms with van der Waals surface area (Å²) in [4.78, 5) is 1.44. The van der Waals surface area contributed by atoms with Crippen molar-refractivity contribution in [3.05, 3.63) is 41.2 Å². The Hall–Kier alpha value is -1.83. The summed E-state index contributed by atoms with van der Waals surface area (Å²) in [6.07, 6.45) is 1.42. The highest BCUT2D eigenvalue weighted by Gasteiger charge is 2.29. The van der Waals surface area contributed by atoms with Gasteiger partial charge >= 0.3 is 0 Å². The molecule has 0 bridgehead atoms. The van der Waals surface area contributed by atoms with Gasteiger partial charge in [-0.25, -0.2) is 0 Å². The second kappa shape index (κ2) is 5.66. The van der Waals surface area contributed by atoms with Crippen molar-refractivity contribution in [3.8, 4) is 0 Å². The minimum Gasteiger partial charge on any atom is -0.371 e. The van der Waals surface area contributed by atoms with Gasteiger partial charge in [-0.1, -0.05) is 24.3 Å². The fourth-order valence-corrected chi connectivity index (χ4v) is 2.61. The van der Waals surface area contributed by atoms with E-state index in [4.69, 9.17) is 10.6 Å². The van der Waals surface area contributed by atoms with Crippen molar-refractivity contribution >= 4 is 0 Å². The van der Waals surface area contributed by atoms with Crippen LogP contribution in [0.3, 0.4) is 0 Å². The Labute approximate surface area is 117 Å². The van der Waals surface area contributed by atoms with Crippen LogP contribution in [0.2, 0.25) is 0 Å². The van der Waals surface area contributed by atoms with Crippen LogP contribution in [0.1, 0.15) is 23.1 Å². The van der Waals surface area contributed by atoms with Crippen molar-refractivity contribution in [2.45, 2.75) is 25.0 Å². The summed E-state index contributed by atoms with van der Waals surface area (Å²) >= 11 is 0. The lowest BCUT2D eigenvalue weighted by Crippen LogP contribution is -2.44. The number of nitrogens with two attached hydrogens (primary N) is 1. The summed E-state index contributed by atoms with van der Waals surface area (Å²) < 4.78 is 5.91. The highest BCUT2D eigenvalue weighted by atomic mass is 16.5. The van der Waals surface area contributed by atoms with Crippen molar-refractivity contribution in [2.75, 3.05) is 6.61 Å². The number of benzene rings is 1. The molecular formula is C13H18N6O. The lowest BCUT2D eigenvalue weighted by atomic mass is 9.92. The number of nitrogens with one attached hydrogen (secondary N) is 1. The van der Waals surface area contributed by atoms with Crippen LogP contribution in [-0.2, 0) is 24.6 Å². The normalized spacial score (nSPS) is 19.6. The Morgan fingerprint density at radius 1 is 1.50 bits per heavy atom. The Morgan fingerprint density at radius 2 is 2.35 bits per heavy atom. The number of hydrogen-bond acceptors (Lipinski definition) is 6. The molecule has 2 unspecified atom stereocenters. The summed E-state index contributed by atoms with van der Waals surface area (Å²) in [5.74, 6) is 6.36. The number of aryl methyl sites for hydroxylation is 1. The summed E-state index contributed by atoms with van der Waals surface area (Å²) in [7, 11) is 1.74. The fourth-order valence-electron chi connectivity index (χ4n) is 2.61. The number of ether oxygens (including phenoxy) is 1. The van der Waals surface area contributed by atoms with E-state index in [0.29, 0.717) is 18.9 Å². The third kappa shape index (κ3) is 2.55. The first-order valence-corrected chi connectivity index (χ1v) is 6.66. The first kappa shape index (κ1) is 13.2. The summed E-state index contributed by atoms with van der Waals surface area (Å²) in [5, 5.41) is 12.0. The zero-order valence-electron chi connectivity index (χ0n) is 11.4.